The van der Waals surface area contributed by atoms with Gasteiger partial charge in [-0.3, -0.25) is 4.79 Å². The number of nitrogens with two attached hydrogens (primary N) is 1. The van der Waals surface area contributed by atoms with E-state index in [-0.39, 0.29) is 5.91 Å². The number of amides is 1. The second-order valence-electron chi connectivity index (χ2n) is 4.99. The van der Waals surface area contributed by atoms with E-state index in [1.165, 1.54) is 25.0 Å². The topological polar surface area (TPSA) is 55.1 Å². The molecule has 3 nitrogen and oxygen atoms in total. The van der Waals surface area contributed by atoms with Crippen LogP contribution in [0, 0.1) is 0 Å². The lowest BCUT2D eigenvalue weighted by atomic mass is 10.1. The number of hydrogen-bond donors (Lipinski definition) is 2. The molecule has 0 radical (unpaired) electrons. The Labute approximate surface area is 137 Å². The first kappa shape index (κ1) is 18.0. The van der Waals surface area contributed by atoms with E-state index in [1.54, 1.807) is 0 Å². The summed E-state index contributed by atoms with van der Waals surface area (Å²) < 4.78 is 0. The number of rotatable bonds is 10. The predicted molar refractivity (Wildman–Crippen MR) is 95.9 cm³/mol. The van der Waals surface area contributed by atoms with E-state index in [0.717, 1.165) is 24.1 Å². The van der Waals surface area contributed by atoms with Crippen LogP contribution < -0.4 is 11.1 Å². The van der Waals surface area contributed by atoms with E-state index in [4.69, 9.17) is 18.0 Å². The van der Waals surface area contributed by atoms with Gasteiger partial charge in [-0.2, -0.15) is 11.8 Å². The number of unbranched alkanes of at least 4 members (excludes halogenated alkanes) is 3. The Morgan fingerprint density at radius 2 is 1.86 bits per heavy atom. The number of hydrogen-bond acceptors (Lipinski definition) is 3. The number of carbonyl (C=O) groups is 1. The Bertz CT molecular complexity index is 446. The third-order valence-corrected chi connectivity index (χ3v) is 4.13. The number of thioether (sulfide) groups is 1. The Morgan fingerprint density at radius 3 is 2.48 bits per heavy atom. The van der Waals surface area contributed by atoms with E-state index in [1.807, 2.05) is 36.0 Å². The van der Waals surface area contributed by atoms with Crippen LogP contribution in [0.4, 0.5) is 0 Å². The molecular weight excluding hydrogens is 300 g/mol. The van der Waals surface area contributed by atoms with Gasteiger partial charge in [-0.15, -0.1) is 0 Å². The SMILES string of the molecule is CSCCCCCCNC(=O)Cc1ccc(C(N)=S)cc1. The molecule has 0 unspecified atom stereocenters. The quantitative estimate of drug-likeness (QED) is 0.513. The van der Waals surface area contributed by atoms with Crippen molar-refractivity contribution < 1.29 is 4.79 Å². The Hall–Kier alpha value is -1.07. The van der Waals surface area contributed by atoms with Crippen LogP contribution in [0.15, 0.2) is 24.3 Å². The second-order valence-corrected chi connectivity index (χ2v) is 6.42. The van der Waals surface area contributed by atoms with Gasteiger partial charge in [0, 0.05) is 12.1 Å². The maximum atomic E-state index is 11.8. The highest BCUT2D eigenvalue weighted by Crippen LogP contribution is 2.06. The second kappa shape index (κ2) is 10.6. The van der Waals surface area contributed by atoms with Gasteiger partial charge in [0.15, 0.2) is 0 Å². The molecule has 3 N–H and O–H groups in total. The van der Waals surface area contributed by atoms with Crippen molar-refractivity contribution >= 4 is 34.9 Å². The minimum Gasteiger partial charge on any atom is -0.389 e. The van der Waals surface area contributed by atoms with Gasteiger partial charge in [-0.25, -0.2) is 0 Å². The number of thiocarbonyl (C=S) groups is 1. The summed E-state index contributed by atoms with van der Waals surface area (Å²) in [6, 6.07) is 7.51. The summed E-state index contributed by atoms with van der Waals surface area (Å²) in [5.41, 5.74) is 7.35. The molecule has 0 saturated heterocycles. The zero-order valence-electron chi connectivity index (χ0n) is 12.6. The lowest BCUT2D eigenvalue weighted by Gasteiger charge is -2.06. The van der Waals surface area contributed by atoms with Crippen LogP contribution in [0.2, 0.25) is 0 Å². The largest absolute Gasteiger partial charge is 0.389 e. The van der Waals surface area contributed by atoms with E-state index < -0.39 is 0 Å². The fourth-order valence-corrected chi connectivity index (χ4v) is 2.62. The lowest BCUT2D eigenvalue weighted by Crippen LogP contribution is -2.26. The zero-order valence-corrected chi connectivity index (χ0v) is 14.2. The molecule has 1 amide bonds. The highest BCUT2D eigenvalue weighted by Gasteiger charge is 2.03. The number of carbonyl (C=O) groups excluding carboxylic acids is 1. The van der Waals surface area contributed by atoms with Gasteiger partial charge in [0.1, 0.15) is 4.99 Å². The van der Waals surface area contributed by atoms with E-state index >= 15 is 0 Å². The van der Waals surface area contributed by atoms with Gasteiger partial charge in [-0.05, 0) is 30.4 Å². The maximum Gasteiger partial charge on any atom is 0.224 e. The molecule has 0 aromatic heterocycles. The molecule has 1 aromatic rings. The summed E-state index contributed by atoms with van der Waals surface area (Å²) >= 11 is 6.79. The molecular formula is C16H24N2OS2. The zero-order chi connectivity index (χ0) is 15.5. The maximum absolute atomic E-state index is 11.8. The molecule has 0 fully saturated rings. The first-order valence-electron chi connectivity index (χ1n) is 7.28. The Morgan fingerprint density at radius 1 is 1.19 bits per heavy atom. The first-order valence-corrected chi connectivity index (χ1v) is 9.08. The minimum atomic E-state index is 0.0715. The lowest BCUT2D eigenvalue weighted by molar-refractivity contribution is -0.120. The van der Waals surface area contributed by atoms with E-state index in [0.29, 0.717) is 11.4 Å². The van der Waals surface area contributed by atoms with Gasteiger partial charge in [0.2, 0.25) is 5.91 Å². The first-order chi connectivity index (χ1) is 10.1. The van der Waals surface area contributed by atoms with Crippen LogP contribution in [0.25, 0.3) is 0 Å². The van der Waals surface area contributed by atoms with Crippen molar-refractivity contribution in [3.8, 4) is 0 Å². The van der Waals surface area contributed by atoms with Crippen LogP contribution in [-0.4, -0.2) is 29.4 Å². The van der Waals surface area contributed by atoms with Gasteiger partial charge < -0.3 is 11.1 Å². The predicted octanol–water partition coefficient (Wildman–Crippen LogP) is 2.90. The molecule has 1 aromatic carbocycles. The van der Waals surface area contributed by atoms with Crippen LogP contribution in [0.1, 0.15) is 36.8 Å². The molecule has 1 rings (SSSR count). The van der Waals surface area contributed by atoms with Crippen LogP contribution >= 0.6 is 24.0 Å². The molecule has 0 heterocycles. The van der Waals surface area contributed by atoms with Crippen molar-refractivity contribution in [1.82, 2.24) is 5.32 Å². The smallest absolute Gasteiger partial charge is 0.224 e. The highest BCUT2D eigenvalue weighted by molar-refractivity contribution is 7.98. The molecule has 21 heavy (non-hydrogen) atoms. The van der Waals surface area contributed by atoms with Crippen LogP contribution in [-0.2, 0) is 11.2 Å². The van der Waals surface area contributed by atoms with Crippen LogP contribution in [0.3, 0.4) is 0 Å². The number of benzene rings is 1. The summed E-state index contributed by atoms with van der Waals surface area (Å²) in [6.07, 6.45) is 7.30. The third kappa shape index (κ3) is 8.07. The third-order valence-electron chi connectivity index (χ3n) is 3.20. The molecule has 0 aliphatic heterocycles. The minimum absolute atomic E-state index is 0.0715. The fraction of sp³-hybridized carbons (Fsp3) is 0.500. The van der Waals surface area contributed by atoms with Gasteiger partial charge in [-0.1, -0.05) is 49.3 Å². The molecule has 5 heteroatoms. The summed E-state index contributed by atoms with van der Waals surface area (Å²) in [5.74, 6) is 1.30. The molecule has 116 valence electrons. The molecule has 0 atom stereocenters. The van der Waals surface area contributed by atoms with Crippen molar-refractivity contribution in [3.63, 3.8) is 0 Å². The van der Waals surface area contributed by atoms with Crippen molar-refractivity contribution in [1.29, 1.82) is 0 Å². The van der Waals surface area contributed by atoms with E-state index in [2.05, 4.69) is 11.6 Å². The summed E-state index contributed by atoms with van der Waals surface area (Å²) in [4.78, 5) is 12.2. The molecule has 0 aliphatic rings. The van der Waals surface area contributed by atoms with Gasteiger partial charge in [0.05, 0.1) is 6.42 Å². The number of nitrogens with one attached hydrogen (secondary N) is 1. The average molecular weight is 325 g/mol. The standard InChI is InChI=1S/C16H24N2OS2/c1-21-11-5-3-2-4-10-18-15(19)12-13-6-8-14(9-7-13)16(17)20/h6-9H,2-5,10-12H2,1H3,(H2,17,20)(H,18,19). The molecule has 0 bridgehead atoms. The summed E-state index contributed by atoms with van der Waals surface area (Å²) in [6.45, 7) is 0.767. The van der Waals surface area contributed by atoms with Crippen molar-refractivity contribution in [3.05, 3.63) is 35.4 Å². The summed E-state index contributed by atoms with van der Waals surface area (Å²) in [7, 11) is 0. The molecule has 0 saturated carbocycles. The van der Waals surface area contributed by atoms with Gasteiger partial charge in [0.25, 0.3) is 0 Å². The van der Waals surface area contributed by atoms with Crippen molar-refractivity contribution in [2.45, 2.75) is 32.1 Å². The summed E-state index contributed by atoms with van der Waals surface area (Å²) in [5, 5.41) is 2.96. The van der Waals surface area contributed by atoms with Crippen LogP contribution in [0.5, 0.6) is 0 Å². The molecule has 0 spiro atoms. The van der Waals surface area contributed by atoms with Gasteiger partial charge >= 0.3 is 0 Å². The Kier molecular flexibility index (Phi) is 9.10. The average Bonchev–Trinajstić information content (AvgIpc) is 2.47. The van der Waals surface area contributed by atoms with E-state index in [9.17, 15) is 4.79 Å². The van der Waals surface area contributed by atoms with Crippen molar-refractivity contribution in [2.24, 2.45) is 5.73 Å². The fourth-order valence-electron chi connectivity index (χ4n) is 1.99. The monoisotopic (exact) mass is 324 g/mol. The Balaban J connectivity index is 2.17. The normalized spacial score (nSPS) is 10.3. The van der Waals surface area contributed by atoms with Crippen molar-refractivity contribution in [2.75, 3.05) is 18.6 Å². The highest BCUT2D eigenvalue weighted by atomic mass is 32.2. The molecule has 0 aliphatic carbocycles.